The third kappa shape index (κ3) is 2.83. The Balaban J connectivity index is 1.50. The van der Waals surface area contributed by atoms with Crippen molar-refractivity contribution in [2.75, 3.05) is 19.7 Å². The number of hydrogen-bond donors (Lipinski definition) is 0. The van der Waals surface area contributed by atoms with Crippen molar-refractivity contribution in [2.45, 2.75) is 6.10 Å². The maximum absolute atomic E-state index is 12.5. The van der Waals surface area contributed by atoms with Gasteiger partial charge in [-0.1, -0.05) is 11.2 Å². The largest absolute Gasteiger partial charge is 0.365 e. The monoisotopic (exact) mass is 345 g/mol. The summed E-state index contributed by atoms with van der Waals surface area (Å²) in [6, 6.07) is 5.56. The summed E-state index contributed by atoms with van der Waals surface area (Å²) in [6.07, 6.45) is 1.32. The molecule has 1 fully saturated rings. The first-order valence-electron chi connectivity index (χ1n) is 7.49. The molecule has 1 aliphatic rings. The van der Waals surface area contributed by atoms with Gasteiger partial charge in [0.2, 0.25) is 5.82 Å². The zero-order valence-electron chi connectivity index (χ0n) is 13.0. The quantitative estimate of drug-likeness (QED) is 0.719. The van der Waals surface area contributed by atoms with Gasteiger partial charge in [0.15, 0.2) is 6.10 Å². The number of carbonyl (C=O) groups is 1. The molecule has 4 rings (SSSR count). The lowest BCUT2D eigenvalue weighted by atomic mass is 10.2. The average molecular weight is 345 g/mol. The van der Waals surface area contributed by atoms with Crippen molar-refractivity contribution >= 4 is 17.2 Å². The summed E-state index contributed by atoms with van der Waals surface area (Å²) in [7, 11) is 1.78. The molecule has 24 heavy (non-hydrogen) atoms. The molecule has 0 aromatic carbocycles. The van der Waals surface area contributed by atoms with Gasteiger partial charge < -0.3 is 14.2 Å². The molecule has 0 N–H and O–H groups in total. The fourth-order valence-electron chi connectivity index (χ4n) is 2.55. The minimum atomic E-state index is -0.423. The van der Waals surface area contributed by atoms with Crippen LogP contribution in [0.5, 0.6) is 0 Å². The minimum Gasteiger partial charge on any atom is -0.365 e. The van der Waals surface area contributed by atoms with E-state index in [1.165, 1.54) is 0 Å². The Labute approximate surface area is 141 Å². The smallest absolute Gasteiger partial charge is 0.274 e. The molecule has 8 nitrogen and oxygen atoms in total. The second kappa shape index (κ2) is 6.17. The van der Waals surface area contributed by atoms with E-state index in [0.29, 0.717) is 37.1 Å². The molecule has 3 aromatic heterocycles. The summed E-state index contributed by atoms with van der Waals surface area (Å²) in [5.41, 5.74) is 0.419. The van der Waals surface area contributed by atoms with E-state index in [4.69, 9.17) is 9.26 Å². The zero-order valence-corrected chi connectivity index (χ0v) is 13.8. The van der Waals surface area contributed by atoms with Crippen LogP contribution < -0.4 is 0 Å². The summed E-state index contributed by atoms with van der Waals surface area (Å²) < 4.78 is 12.6. The third-order valence-corrected chi connectivity index (χ3v) is 4.61. The van der Waals surface area contributed by atoms with E-state index in [1.807, 2.05) is 17.5 Å². The Bertz CT molecular complexity index is 841. The van der Waals surface area contributed by atoms with E-state index in [-0.39, 0.29) is 5.91 Å². The average Bonchev–Trinajstić information content (AvgIpc) is 3.35. The number of morpholine rings is 1. The number of aryl methyl sites for hydroxylation is 1. The molecule has 0 saturated carbocycles. The van der Waals surface area contributed by atoms with E-state index in [9.17, 15) is 4.79 Å². The van der Waals surface area contributed by atoms with Crippen molar-refractivity contribution in [3.8, 4) is 10.7 Å². The SMILES string of the molecule is Cn1ccc(C(=O)N2CCOC(c3nc(-c4cccs4)no3)C2)n1. The van der Waals surface area contributed by atoms with Crippen LogP contribution in [0.1, 0.15) is 22.5 Å². The van der Waals surface area contributed by atoms with E-state index in [2.05, 4.69) is 15.2 Å². The Morgan fingerprint density at radius 2 is 2.33 bits per heavy atom. The Morgan fingerprint density at radius 1 is 1.42 bits per heavy atom. The second-order valence-corrected chi connectivity index (χ2v) is 6.37. The first-order chi connectivity index (χ1) is 11.7. The van der Waals surface area contributed by atoms with E-state index < -0.39 is 6.10 Å². The van der Waals surface area contributed by atoms with Gasteiger partial charge in [0, 0.05) is 19.8 Å². The molecule has 1 saturated heterocycles. The highest BCUT2D eigenvalue weighted by molar-refractivity contribution is 7.13. The van der Waals surface area contributed by atoms with Gasteiger partial charge in [0.1, 0.15) is 5.69 Å². The number of nitrogens with zero attached hydrogens (tertiary/aromatic N) is 5. The normalized spacial score (nSPS) is 18.0. The Morgan fingerprint density at radius 3 is 3.08 bits per heavy atom. The molecule has 4 heterocycles. The number of amides is 1. The maximum Gasteiger partial charge on any atom is 0.274 e. The highest BCUT2D eigenvalue weighted by atomic mass is 32.1. The van der Waals surface area contributed by atoms with Gasteiger partial charge in [0.25, 0.3) is 11.8 Å². The summed E-state index contributed by atoms with van der Waals surface area (Å²) >= 11 is 1.54. The van der Waals surface area contributed by atoms with Crippen LogP contribution >= 0.6 is 11.3 Å². The van der Waals surface area contributed by atoms with Crippen LogP contribution in [0.25, 0.3) is 10.7 Å². The molecule has 0 radical (unpaired) electrons. The zero-order chi connectivity index (χ0) is 16.5. The van der Waals surface area contributed by atoms with Gasteiger partial charge in [-0.05, 0) is 17.5 Å². The van der Waals surface area contributed by atoms with Crippen LogP contribution in [-0.4, -0.2) is 50.4 Å². The Kier molecular flexibility index (Phi) is 3.87. The predicted octanol–water partition coefficient (Wildman–Crippen LogP) is 1.75. The number of carbonyl (C=O) groups excluding carboxylic acids is 1. The van der Waals surface area contributed by atoms with Gasteiger partial charge in [-0.3, -0.25) is 9.48 Å². The molecule has 124 valence electrons. The summed E-state index contributed by atoms with van der Waals surface area (Å²) in [6.45, 7) is 1.29. The van der Waals surface area contributed by atoms with E-state index >= 15 is 0 Å². The lowest BCUT2D eigenvalue weighted by Gasteiger charge is -2.30. The van der Waals surface area contributed by atoms with Crippen LogP contribution in [0.3, 0.4) is 0 Å². The summed E-state index contributed by atoms with van der Waals surface area (Å²) in [5.74, 6) is 0.801. The molecule has 1 amide bonds. The van der Waals surface area contributed by atoms with Crippen LogP contribution in [0.15, 0.2) is 34.3 Å². The van der Waals surface area contributed by atoms with Crippen molar-refractivity contribution < 1.29 is 14.1 Å². The number of rotatable bonds is 3. The van der Waals surface area contributed by atoms with Crippen LogP contribution in [-0.2, 0) is 11.8 Å². The number of ether oxygens (including phenoxy) is 1. The van der Waals surface area contributed by atoms with Crippen molar-refractivity contribution in [3.63, 3.8) is 0 Å². The van der Waals surface area contributed by atoms with Gasteiger partial charge in [0.05, 0.1) is 18.0 Å². The molecular formula is C15H15N5O3S. The van der Waals surface area contributed by atoms with Gasteiger partial charge in [-0.15, -0.1) is 11.3 Å². The van der Waals surface area contributed by atoms with Crippen LogP contribution in [0, 0.1) is 0 Å². The molecule has 1 unspecified atom stereocenters. The topological polar surface area (TPSA) is 86.3 Å². The Hall–Kier alpha value is -2.52. The molecule has 0 aliphatic carbocycles. The number of aromatic nitrogens is 4. The molecule has 3 aromatic rings. The molecule has 0 spiro atoms. The fraction of sp³-hybridized carbons (Fsp3) is 0.333. The van der Waals surface area contributed by atoms with Crippen LogP contribution in [0.4, 0.5) is 0 Å². The highest BCUT2D eigenvalue weighted by Crippen LogP contribution is 2.26. The predicted molar refractivity (Wildman–Crippen MR) is 85.4 cm³/mol. The van der Waals surface area contributed by atoms with Gasteiger partial charge >= 0.3 is 0 Å². The van der Waals surface area contributed by atoms with Crippen molar-refractivity contribution in [1.82, 2.24) is 24.8 Å². The minimum absolute atomic E-state index is 0.123. The molecular weight excluding hydrogens is 330 g/mol. The van der Waals surface area contributed by atoms with Crippen molar-refractivity contribution in [2.24, 2.45) is 7.05 Å². The summed E-state index contributed by atoms with van der Waals surface area (Å²) in [4.78, 5) is 19.5. The second-order valence-electron chi connectivity index (χ2n) is 5.42. The number of thiophene rings is 1. The standard InChI is InChI=1S/C15H15N5O3S/c1-19-5-4-10(17-19)15(21)20-6-7-22-11(9-20)14-16-13(18-23-14)12-3-2-8-24-12/h2-5,8,11H,6-7,9H2,1H3. The highest BCUT2D eigenvalue weighted by Gasteiger charge is 2.30. The van der Waals surface area contributed by atoms with Crippen LogP contribution in [0.2, 0.25) is 0 Å². The molecule has 1 atom stereocenters. The van der Waals surface area contributed by atoms with Crippen molar-refractivity contribution in [1.29, 1.82) is 0 Å². The van der Waals surface area contributed by atoms with E-state index in [0.717, 1.165) is 4.88 Å². The number of hydrogen-bond acceptors (Lipinski definition) is 7. The summed E-state index contributed by atoms with van der Waals surface area (Å²) in [5, 5.41) is 10.1. The van der Waals surface area contributed by atoms with Gasteiger partial charge in [-0.25, -0.2) is 0 Å². The maximum atomic E-state index is 12.5. The first-order valence-corrected chi connectivity index (χ1v) is 8.36. The molecule has 9 heteroatoms. The first kappa shape index (κ1) is 15.0. The fourth-order valence-corrected chi connectivity index (χ4v) is 3.20. The van der Waals surface area contributed by atoms with Gasteiger partial charge in [-0.2, -0.15) is 10.1 Å². The van der Waals surface area contributed by atoms with E-state index in [1.54, 1.807) is 40.2 Å². The van der Waals surface area contributed by atoms with Crippen molar-refractivity contribution in [3.05, 3.63) is 41.4 Å². The molecule has 0 bridgehead atoms. The third-order valence-electron chi connectivity index (χ3n) is 3.75. The lowest BCUT2D eigenvalue weighted by molar-refractivity contribution is -0.0369. The molecule has 1 aliphatic heterocycles. The lowest BCUT2D eigenvalue weighted by Crippen LogP contribution is -2.42.